The summed E-state index contributed by atoms with van der Waals surface area (Å²) < 4.78 is 0. The number of carbonyl (C=O) groups excluding carboxylic acids is 1. The van der Waals surface area contributed by atoms with Gasteiger partial charge in [0.15, 0.2) is 0 Å². The Morgan fingerprint density at radius 1 is 1.13 bits per heavy atom. The molecule has 0 saturated carbocycles. The van der Waals surface area contributed by atoms with E-state index in [9.17, 15) is 14.7 Å². The lowest BCUT2D eigenvalue weighted by Gasteiger charge is -2.14. The molecule has 0 aliphatic heterocycles. The molecule has 0 spiro atoms. The molecule has 0 saturated heterocycles. The molecule has 1 heterocycles. The second kappa shape index (κ2) is 7.54. The number of amides is 1. The fourth-order valence-electron chi connectivity index (χ4n) is 2.18. The van der Waals surface area contributed by atoms with Crippen molar-refractivity contribution in [2.24, 2.45) is 5.92 Å². The number of hydrogen-bond acceptors (Lipinski definition) is 3. The number of benzene rings is 1. The van der Waals surface area contributed by atoms with E-state index in [2.05, 4.69) is 10.3 Å². The minimum Gasteiger partial charge on any atom is -0.481 e. The van der Waals surface area contributed by atoms with Gasteiger partial charge in [-0.15, -0.1) is 0 Å². The van der Waals surface area contributed by atoms with Crippen molar-refractivity contribution in [2.45, 2.75) is 20.3 Å². The Hall–Kier alpha value is -2.69. The molecule has 23 heavy (non-hydrogen) atoms. The Labute approximate surface area is 135 Å². The smallest absolute Gasteiger partial charge is 0.308 e. The third kappa shape index (κ3) is 4.92. The highest BCUT2D eigenvalue weighted by Crippen LogP contribution is 2.11. The second-order valence-electron chi connectivity index (χ2n) is 5.62. The van der Waals surface area contributed by atoms with E-state index in [1.807, 2.05) is 38.1 Å². The number of nitrogens with one attached hydrogen (secondary N) is 1. The third-order valence-corrected chi connectivity index (χ3v) is 3.63. The zero-order valence-corrected chi connectivity index (χ0v) is 13.2. The number of carbonyl (C=O) groups is 2. The molecular weight excluding hydrogens is 292 g/mol. The number of aromatic nitrogens is 1. The van der Waals surface area contributed by atoms with Gasteiger partial charge in [0.2, 0.25) is 0 Å². The van der Waals surface area contributed by atoms with E-state index in [0.29, 0.717) is 12.0 Å². The molecule has 0 aliphatic rings. The monoisotopic (exact) mass is 312 g/mol. The molecule has 1 aromatic carbocycles. The van der Waals surface area contributed by atoms with Crippen molar-refractivity contribution >= 4 is 11.9 Å². The summed E-state index contributed by atoms with van der Waals surface area (Å²) in [5.74, 6) is -1.90. The van der Waals surface area contributed by atoms with Crippen LogP contribution in [0.1, 0.15) is 27.2 Å². The van der Waals surface area contributed by atoms with E-state index in [4.69, 9.17) is 0 Å². The van der Waals surface area contributed by atoms with Crippen LogP contribution in [0.4, 0.5) is 0 Å². The Kier molecular flexibility index (Phi) is 5.46. The molecule has 5 heteroatoms. The van der Waals surface area contributed by atoms with Gasteiger partial charge in [-0.1, -0.05) is 29.8 Å². The third-order valence-electron chi connectivity index (χ3n) is 3.63. The maximum atomic E-state index is 12.0. The number of rotatable bonds is 6. The Morgan fingerprint density at radius 3 is 2.39 bits per heavy atom. The molecule has 0 fully saturated rings. The summed E-state index contributed by atoms with van der Waals surface area (Å²) >= 11 is 0. The molecule has 1 aromatic heterocycles. The average molecular weight is 312 g/mol. The molecule has 2 aromatic rings. The van der Waals surface area contributed by atoms with Gasteiger partial charge in [-0.05, 0) is 38.0 Å². The summed E-state index contributed by atoms with van der Waals surface area (Å²) in [4.78, 5) is 27.5. The van der Waals surface area contributed by atoms with Crippen molar-refractivity contribution in [1.29, 1.82) is 0 Å². The van der Waals surface area contributed by atoms with Crippen LogP contribution in [0, 0.1) is 19.8 Å². The zero-order chi connectivity index (χ0) is 16.8. The largest absolute Gasteiger partial charge is 0.481 e. The molecular formula is C18H20N2O3. The van der Waals surface area contributed by atoms with Crippen molar-refractivity contribution in [3.8, 4) is 0 Å². The van der Waals surface area contributed by atoms with Gasteiger partial charge < -0.3 is 10.4 Å². The fraction of sp³-hybridized carbons (Fsp3) is 0.278. The van der Waals surface area contributed by atoms with Crippen LogP contribution in [0.3, 0.4) is 0 Å². The number of pyridine rings is 1. The summed E-state index contributed by atoms with van der Waals surface area (Å²) in [6.45, 7) is 3.90. The first-order chi connectivity index (χ1) is 11.0. The standard InChI is InChI=1S/C18H20N2O3/c1-12-3-6-14(7-4-12)9-16(18(22)23)11-20-17(21)15-8-5-13(2)19-10-15/h3-8,10,16H,9,11H2,1-2H3,(H,20,21)(H,22,23). The van der Waals surface area contributed by atoms with Crippen LogP contribution >= 0.6 is 0 Å². The van der Waals surface area contributed by atoms with E-state index < -0.39 is 11.9 Å². The van der Waals surface area contributed by atoms with Gasteiger partial charge in [-0.3, -0.25) is 14.6 Å². The minimum atomic E-state index is -0.923. The second-order valence-corrected chi connectivity index (χ2v) is 5.62. The Balaban J connectivity index is 1.96. The average Bonchev–Trinajstić information content (AvgIpc) is 2.53. The van der Waals surface area contributed by atoms with E-state index in [-0.39, 0.29) is 12.5 Å². The summed E-state index contributed by atoms with van der Waals surface area (Å²) in [6.07, 6.45) is 1.86. The fourth-order valence-corrected chi connectivity index (χ4v) is 2.18. The topological polar surface area (TPSA) is 79.3 Å². The predicted octanol–water partition coefficient (Wildman–Crippen LogP) is 2.37. The SMILES string of the molecule is Cc1ccc(CC(CNC(=O)c2ccc(C)nc2)C(=O)O)cc1. The van der Waals surface area contributed by atoms with E-state index in [1.54, 1.807) is 12.1 Å². The van der Waals surface area contributed by atoms with Crippen LogP contribution in [0.2, 0.25) is 0 Å². The summed E-state index contributed by atoms with van der Waals surface area (Å²) in [6, 6.07) is 11.1. The summed E-state index contributed by atoms with van der Waals surface area (Å²) in [5.41, 5.74) is 3.31. The molecule has 1 amide bonds. The quantitative estimate of drug-likeness (QED) is 0.858. The maximum Gasteiger partial charge on any atom is 0.308 e. The van der Waals surface area contributed by atoms with Gasteiger partial charge >= 0.3 is 5.97 Å². The lowest BCUT2D eigenvalue weighted by Crippen LogP contribution is -2.34. The normalized spacial score (nSPS) is 11.7. The predicted molar refractivity (Wildman–Crippen MR) is 87.3 cm³/mol. The van der Waals surface area contributed by atoms with E-state index in [1.165, 1.54) is 6.20 Å². The maximum absolute atomic E-state index is 12.0. The molecule has 120 valence electrons. The van der Waals surface area contributed by atoms with Gasteiger partial charge in [0.25, 0.3) is 5.91 Å². The van der Waals surface area contributed by atoms with Crippen molar-refractivity contribution in [3.63, 3.8) is 0 Å². The molecule has 1 atom stereocenters. The van der Waals surface area contributed by atoms with E-state index >= 15 is 0 Å². The Morgan fingerprint density at radius 2 is 1.83 bits per heavy atom. The van der Waals surface area contributed by atoms with Gasteiger partial charge in [0, 0.05) is 18.4 Å². The first kappa shape index (κ1) is 16.7. The number of carboxylic acid groups (broad SMARTS) is 1. The molecule has 5 nitrogen and oxygen atoms in total. The zero-order valence-electron chi connectivity index (χ0n) is 13.2. The molecule has 0 aliphatic carbocycles. The van der Waals surface area contributed by atoms with Crippen LogP contribution in [0.15, 0.2) is 42.6 Å². The van der Waals surface area contributed by atoms with E-state index in [0.717, 1.165) is 16.8 Å². The number of hydrogen-bond donors (Lipinski definition) is 2. The summed E-state index contributed by atoms with van der Waals surface area (Å²) in [5, 5.41) is 12.0. The Bertz CT molecular complexity index is 678. The number of aliphatic carboxylic acids is 1. The lowest BCUT2D eigenvalue weighted by atomic mass is 9.98. The van der Waals surface area contributed by atoms with Crippen LogP contribution in [-0.4, -0.2) is 28.5 Å². The molecule has 2 N–H and O–H groups in total. The van der Waals surface area contributed by atoms with Crippen molar-refractivity contribution in [2.75, 3.05) is 6.54 Å². The summed E-state index contributed by atoms with van der Waals surface area (Å²) in [7, 11) is 0. The lowest BCUT2D eigenvalue weighted by molar-refractivity contribution is -0.141. The van der Waals surface area contributed by atoms with Gasteiger partial charge in [-0.25, -0.2) is 0 Å². The molecule has 2 rings (SSSR count). The van der Waals surface area contributed by atoms with Crippen LogP contribution in [-0.2, 0) is 11.2 Å². The van der Waals surface area contributed by atoms with Gasteiger partial charge in [-0.2, -0.15) is 0 Å². The van der Waals surface area contributed by atoms with Crippen molar-refractivity contribution < 1.29 is 14.7 Å². The minimum absolute atomic E-state index is 0.0793. The highest BCUT2D eigenvalue weighted by atomic mass is 16.4. The number of carboxylic acids is 1. The van der Waals surface area contributed by atoms with Crippen LogP contribution < -0.4 is 5.32 Å². The van der Waals surface area contributed by atoms with Gasteiger partial charge in [0.05, 0.1) is 11.5 Å². The number of nitrogens with zero attached hydrogens (tertiary/aromatic N) is 1. The van der Waals surface area contributed by atoms with Crippen LogP contribution in [0.25, 0.3) is 0 Å². The molecule has 0 bridgehead atoms. The van der Waals surface area contributed by atoms with Gasteiger partial charge in [0.1, 0.15) is 0 Å². The molecule has 1 unspecified atom stereocenters. The number of aryl methyl sites for hydroxylation is 2. The highest BCUT2D eigenvalue weighted by Gasteiger charge is 2.19. The highest BCUT2D eigenvalue weighted by molar-refractivity contribution is 5.94. The van der Waals surface area contributed by atoms with Crippen molar-refractivity contribution in [1.82, 2.24) is 10.3 Å². The first-order valence-electron chi connectivity index (χ1n) is 7.45. The van der Waals surface area contributed by atoms with Crippen LogP contribution in [0.5, 0.6) is 0 Å². The van der Waals surface area contributed by atoms with Crippen molar-refractivity contribution in [3.05, 3.63) is 65.0 Å². The first-order valence-corrected chi connectivity index (χ1v) is 7.45. The molecule has 0 radical (unpaired) electrons.